The van der Waals surface area contributed by atoms with Crippen molar-refractivity contribution in [3.05, 3.63) is 27.9 Å². The normalized spacial score (nSPS) is 16.6. The van der Waals surface area contributed by atoms with Gasteiger partial charge in [0.2, 0.25) is 5.82 Å². The van der Waals surface area contributed by atoms with E-state index in [0.29, 0.717) is 36.9 Å². The van der Waals surface area contributed by atoms with Gasteiger partial charge in [-0.3, -0.25) is 14.3 Å². The Kier molecular flexibility index (Phi) is 5.00. The lowest BCUT2D eigenvalue weighted by Crippen LogP contribution is -2.35. The van der Waals surface area contributed by atoms with Gasteiger partial charge >= 0.3 is 5.69 Å². The summed E-state index contributed by atoms with van der Waals surface area (Å²) in [4.78, 5) is 17.1. The highest BCUT2D eigenvalue weighted by atomic mass is 32.2. The first-order valence-corrected chi connectivity index (χ1v) is 9.59. The predicted molar refractivity (Wildman–Crippen MR) is 87.9 cm³/mol. The van der Waals surface area contributed by atoms with Crippen molar-refractivity contribution in [3.8, 4) is 0 Å². The highest BCUT2D eigenvalue weighted by Crippen LogP contribution is 2.31. The SMILES string of the molecule is Cc1ccnc(N2CCC(CN=S(C)(C)=O)CC2)c1[N+](=O)[O-]. The van der Waals surface area contributed by atoms with E-state index in [4.69, 9.17) is 0 Å². The van der Waals surface area contributed by atoms with Crippen molar-refractivity contribution in [2.24, 2.45) is 10.3 Å². The van der Waals surface area contributed by atoms with Crippen LogP contribution in [0, 0.1) is 23.0 Å². The van der Waals surface area contributed by atoms with Crippen LogP contribution < -0.4 is 4.90 Å². The van der Waals surface area contributed by atoms with E-state index in [9.17, 15) is 14.3 Å². The number of aromatic nitrogens is 1. The molecule has 2 heterocycles. The Bertz CT molecular complexity index is 667. The number of hydrogen-bond acceptors (Lipinski definition) is 6. The molecule has 0 unspecified atom stereocenters. The summed E-state index contributed by atoms with van der Waals surface area (Å²) in [6.07, 6.45) is 6.66. The summed E-state index contributed by atoms with van der Waals surface area (Å²) < 4.78 is 15.8. The third-order valence-corrected chi connectivity index (χ3v) is 4.62. The Morgan fingerprint density at radius 3 is 2.64 bits per heavy atom. The molecule has 0 saturated carbocycles. The van der Waals surface area contributed by atoms with E-state index in [0.717, 1.165) is 12.8 Å². The third-order valence-electron chi connectivity index (χ3n) is 3.85. The highest BCUT2D eigenvalue weighted by molar-refractivity contribution is 7.92. The van der Waals surface area contributed by atoms with E-state index in [-0.39, 0.29) is 10.6 Å². The Hall–Kier alpha value is -1.70. The number of nitro groups is 1. The molecule has 0 amide bonds. The summed E-state index contributed by atoms with van der Waals surface area (Å²) in [6.45, 7) is 3.76. The maximum Gasteiger partial charge on any atom is 0.314 e. The van der Waals surface area contributed by atoms with Gasteiger partial charge in [0.05, 0.1) is 11.5 Å². The van der Waals surface area contributed by atoms with Crippen LogP contribution in [0.4, 0.5) is 11.5 Å². The summed E-state index contributed by atoms with van der Waals surface area (Å²) in [5, 5.41) is 11.3. The summed E-state index contributed by atoms with van der Waals surface area (Å²) in [6, 6.07) is 1.66. The minimum atomic E-state index is -2.05. The standard InChI is InChI=1S/C14H22N4O3S/c1-11-4-7-15-14(13(11)18(19)20)17-8-5-12(6-9-17)10-16-22(2,3)21/h4,7,12H,5-6,8-10H2,1-3H3. The van der Waals surface area contributed by atoms with Gasteiger partial charge in [0.15, 0.2) is 0 Å². The molecule has 1 aromatic rings. The van der Waals surface area contributed by atoms with Crippen LogP contribution in [0.5, 0.6) is 0 Å². The summed E-state index contributed by atoms with van der Waals surface area (Å²) in [5.41, 5.74) is 0.722. The van der Waals surface area contributed by atoms with Crippen molar-refractivity contribution >= 4 is 21.2 Å². The van der Waals surface area contributed by atoms with Gasteiger partial charge in [0.1, 0.15) is 0 Å². The number of nitrogens with zero attached hydrogens (tertiary/aromatic N) is 4. The number of hydrogen-bond donors (Lipinski definition) is 0. The largest absolute Gasteiger partial charge is 0.351 e. The van der Waals surface area contributed by atoms with Crippen LogP contribution in [-0.2, 0) is 9.73 Å². The zero-order valence-electron chi connectivity index (χ0n) is 13.2. The highest BCUT2D eigenvalue weighted by Gasteiger charge is 2.27. The molecule has 8 heteroatoms. The molecule has 0 atom stereocenters. The molecule has 0 spiro atoms. The molecule has 122 valence electrons. The Balaban J connectivity index is 2.08. The lowest BCUT2D eigenvalue weighted by atomic mass is 9.97. The number of aryl methyl sites for hydroxylation is 1. The molecule has 2 rings (SSSR count). The molecule has 7 nitrogen and oxygen atoms in total. The van der Waals surface area contributed by atoms with Gasteiger partial charge < -0.3 is 4.90 Å². The second kappa shape index (κ2) is 6.60. The fourth-order valence-corrected chi connectivity index (χ4v) is 3.18. The van der Waals surface area contributed by atoms with Gasteiger partial charge in [0, 0.05) is 47.1 Å². The van der Waals surface area contributed by atoms with E-state index in [2.05, 4.69) is 9.35 Å². The topological polar surface area (TPSA) is 88.7 Å². The molecule has 22 heavy (non-hydrogen) atoms. The number of piperidine rings is 1. The molecule has 0 aromatic carbocycles. The molecule has 0 radical (unpaired) electrons. The van der Waals surface area contributed by atoms with Crippen LogP contribution in [-0.4, -0.2) is 46.3 Å². The average molecular weight is 326 g/mol. The molecule has 1 saturated heterocycles. The lowest BCUT2D eigenvalue weighted by Gasteiger charge is -2.31. The van der Waals surface area contributed by atoms with Crippen molar-refractivity contribution in [3.63, 3.8) is 0 Å². The first-order chi connectivity index (χ1) is 10.3. The molecular formula is C14H22N4O3S. The molecule has 1 aromatic heterocycles. The van der Waals surface area contributed by atoms with Gasteiger partial charge in [0.25, 0.3) is 0 Å². The van der Waals surface area contributed by atoms with E-state index in [1.54, 1.807) is 31.7 Å². The van der Waals surface area contributed by atoms with Gasteiger partial charge in [-0.15, -0.1) is 0 Å². The van der Waals surface area contributed by atoms with Crippen LogP contribution >= 0.6 is 0 Å². The van der Waals surface area contributed by atoms with Crippen molar-refractivity contribution < 1.29 is 9.13 Å². The van der Waals surface area contributed by atoms with E-state index in [1.165, 1.54) is 0 Å². The molecule has 1 fully saturated rings. The number of anilines is 1. The van der Waals surface area contributed by atoms with Crippen LogP contribution in [0.15, 0.2) is 16.6 Å². The van der Waals surface area contributed by atoms with Gasteiger partial charge in [-0.2, -0.15) is 0 Å². The fraction of sp³-hybridized carbons (Fsp3) is 0.643. The second-order valence-electron chi connectivity index (χ2n) is 5.98. The van der Waals surface area contributed by atoms with E-state index in [1.807, 2.05) is 4.90 Å². The van der Waals surface area contributed by atoms with Gasteiger partial charge in [-0.1, -0.05) is 0 Å². The molecule has 1 aliphatic rings. The van der Waals surface area contributed by atoms with Crippen LogP contribution in [0.3, 0.4) is 0 Å². The minimum absolute atomic E-state index is 0.0933. The minimum Gasteiger partial charge on any atom is -0.351 e. The van der Waals surface area contributed by atoms with Crippen molar-refractivity contribution in [2.45, 2.75) is 19.8 Å². The first-order valence-electron chi connectivity index (χ1n) is 7.26. The second-order valence-corrected chi connectivity index (χ2v) is 8.60. The van der Waals surface area contributed by atoms with Crippen LogP contribution in [0.2, 0.25) is 0 Å². The molecular weight excluding hydrogens is 304 g/mol. The maximum absolute atomic E-state index is 11.6. The summed E-state index contributed by atoms with van der Waals surface area (Å²) in [7, 11) is -2.05. The quantitative estimate of drug-likeness (QED) is 0.625. The number of rotatable bonds is 4. The van der Waals surface area contributed by atoms with Crippen molar-refractivity contribution in [1.82, 2.24) is 4.98 Å². The molecule has 0 bridgehead atoms. The van der Waals surface area contributed by atoms with Crippen molar-refractivity contribution in [1.29, 1.82) is 0 Å². The Labute approximate surface area is 131 Å². The predicted octanol–water partition coefficient (Wildman–Crippen LogP) is 2.24. The lowest BCUT2D eigenvalue weighted by molar-refractivity contribution is -0.384. The smallest absolute Gasteiger partial charge is 0.314 e. The Morgan fingerprint density at radius 2 is 2.09 bits per heavy atom. The van der Waals surface area contributed by atoms with Crippen molar-refractivity contribution in [2.75, 3.05) is 37.0 Å². The monoisotopic (exact) mass is 326 g/mol. The molecule has 0 aliphatic carbocycles. The average Bonchev–Trinajstić information content (AvgIpc) is 2.44. The number of pyridine rings is 1. The zero-order chi connectivity index (χ0) is 16.3. The van der Waals surface area contributed by atoms with E-state index < -0.39 is 9.73 Å². The van der Waals surface area contributed by atoms with Gasteiger partial charge in [-0.05, 0) is 31.7 Å². The molecule has 0 N–H and O–H groups in total. The van der Waals surface area contributed by atoms with E-state index >= 15 is 0 Å². The van der Waals surface area contributed by atoms with Gasteiger partial charge in [-0.25, -0.2) is 9.35 Å². The third kappa shape index (κ3) is 4.16. The fourth-order valence-electron chi connectivity index (χ4n) is 2.61. The maximum atomic E-state index is 11.6. The van der Waals surface area contributed by atoms with Crippen LogP contribution in [0.1, 0.15) is 18.4 Å². The molecule has 1 aliphatic heterocycles. The summed E-state index contributed by atoms with van der Waals surface area (Å²) in [5.74, 6) is 0.844. The summed E-state index contributed by atoms with van der Waals surface area (Å²) >= 11 is 0. The first kappa shape index (κ1) is 16.7. The Morgan fingerprint density at radius 1 is 1.45 bits per heavy atom. The van der Waals surface area contributed by atoms with Crippen LogP contribution in [0.25, 0.3) is 0 Å². The zero-order valence-corrected chi connectivity index (χ0v) is 14.0.